The van der Waals surface area contributed by atoms with Crippen LogP contribution in [0.4, 0.5) is 4.79 Å². The lowest BCUT2D eigenvalue weighted by Crippen LogP contribution is -2.39. The van der Waals surface area contributed by atoms with Gasteiger partial charge in [-0.25, -0.2) is 4.79 Å². The fourth-order valence-corrected chi connectivity index (χ4v) is 2.39. The van der Waals surface area contributed by atoms with Gasteiger partial charge < -0.3 is 24.0 Å². The Bertz CT molecular complexity index is 390. The standard InChI is InChI=1S/C16H30N2O5/c1-16(2,3)23-15(20)18-10-8-13(19)17(11-12-18)9-6-7-14(21-4)22-5/h14H,6-12H2,1-5H3. The molecule has 1 rings (SSSR count). The highest BCUT2D eigenvalue weighted by Gasteiger charge is 2.27. The molecule has 0 aromatic heterocycles. The smallest absolute Gasteiger partial charge is 0.410 e. The van der Waals surface area contributed by atoms with Gasteiger partial charge in [0.05, 0.1) is 0 Å². The van der Waals surface area contributed by atoms with Crippen LogP contribution in [-0.2, 0) is 19.0 Å². The maximum Gasteiger partial charge on any atom is 0.410 e. The van der Waals surface area contributed by atoms with Crippen LogP contribution in [0.2, 0.25) is 0 Å². The third kappa shape index (κ3) is 7.18. The number of hydrogen-bond donors (Lipinski definition) is 0. The largest absolute Gasteiger partial charge is 0.444 e. The van der Waals surface area contributed by atoms with Crippen LogP contribution in [0.3, 0.4) is 0 Å². The fourth-order valence-electron chi connectivity index (χ4n) is 2.39. The third-order valence-corrected chi connectivity index (χ3v) is 3.63. The van der Waals surface area contributed by atoms with Crippen LogP contribution in [0, 0.1) is 0 Å². The van der Waals surface area contributed by atoms with E-state index >= 15 is 0 Å². The van der Waals surface area contributed by atoms with Crippen LogP contribution >= 0.6 is 0 Å². The maximum atomic E-state index is 12.2. The van der Waals surface area contributed by atoms with E-state index in [0.29, 0.717) is 32.6 Å². The van der Waals surface area contributed by atoms with Crippen molar-refractivity contribution in [2.75, 3.05) is 40.4 Å². The first-order chi connectivity index (χ1) is 10.8. The van der Waals surface area contributed by atoms with Gasteiger partial charge >= 0.3 is 6.09 Å². The van der Waals surface area contributed by atoms with Gasteiger partial charge in [-0.2, -0.15) is 0 Å². The topological polar surface area (TPSA) is 68.3 Å². The van der Waals surface area contributed by atoms with Crippen molar-refractivity contribution in [2.45, 2.75) is 51.9 Å². The van der Waals surface area contributed by atoms with Crippen LogP contribution in [0.15, 0.2) is 0 Å². The number of rotatable bonds is 6. The van der Waals surface area contributed by atoms with Crippen LogP contribution < -0.4 is 0 Å². The van der Waals surface area contributed by atoms with E-state index in [-0.39, 0.29) is 18.3 Å². The number of carbonyl (C=O) groups excluding carboxylic acids is 2. The highest BCUT2D eigenvalue weighted by molar-refractivity contribution is 5.78. The van der Waals surface area contributed by atoms with E-state index in [1.165, 1.54) is 0 Å². The van der Waals surface area contributed by atoms with Crippen LogP contribution in [0.5, 0.6) is 0 Å². The molecule has 0 aromatic rings. The molecule has 23 heavy (non-hydrogen) atoms. The molecule has 0 N–H and O–H groups in total. The van der Waals surface area contributed by atoms with Crippen molar-refractivity contribution < 1.29 is 23.8 Å². The molecule has 1 saturated heterocycles. The van der Waals surface area contributed by atoms with Crippen molar-refractivity contribution >= 4 is 12.0 Å². The van der Waals surface area contributed by atoms with E-state index in [0.717, 1.165) is 12.8 Å². The number of nitrogens with zero attached hydrogens (tertiary/aromatic N) is 2. The quantitative estimate of drug-likeness (QED) is 0.695. The van der Waals surface area contributed by atoms with Gasteiger partial charge in [0, 0.05) is 53.2 Å². The Balaban J connectivity index is 2.45. The maximum absolute atomic E-state index is 12.2. The molecule has 0 saturated carbocycles. The van der Waals surface area contributed by atoms with E-state index in [1.54, 1.807) is 24.0 Å². The summed E-state index contributed by atoms with van der Waals surface area (Å²) in [6.07, 6.45) is 1.26. The number of carbonyl (C=O) groups is 2. The molecule has 0 atom stereocenters. The molecule has 0 aliphatic carbocycles. The Kier molecular flexibility index (Phi) is 7.78. The Hall–Kier alpha value is -1.34. The van der Waals surface area contributed by atoms with Gasteiger partial charge in [0.25, 0.3) is 0 Å². The molecule has 1 aliphatic rings. The van der Waals surface area contributed by atoms with Gasteiger partial charge in [-0.3, -0.25) is 4.79 Å². The van der Waals surface area contributed by atoms with E-state index in [1.807, 2.05) is 20.8 Å². The zero-order valence-corrected chi connectivity index (χ0v) is 15.0. The fraction of sp³-hybridized carbons (Fsp3) is 0.875. The molecule has 1 heterocycles. The summed E-state index contributed by atoms with van der Waals surface area (Å²) < 4.78 is 15.6. The van der Waals surface area contributed by atoms with Gasteiger partial charge in [-0.1, -0.05) is 0 Å². The van der Waals surface area contributed by atoms with Crippen molar-refractivity contribution in [3.05, 3.63) is 0 Å². The molecule has 0 unspecified atom stereocenters. The van der Waals surface area contributed by atoms with E-state index in [9.17, 15) is 9.59 Å². The Morgan fingerprint density at radius 2 is 1.83 bits per heavy atom. The Morgan fingerprint density at radius 1 is 1.17 bits per heavy atom. The highest BCUT2D eigenvalue weighted by atomic mass is 16.7. The minimum atomic E-state index is -0.525. The van der Waals surface area contributed by atoms with Crippen molar-refractivity contribution in [1.29, 1.82) is 0 Å². The predicted octanol–water partition coefficient (Wildman–Crippen LogP) is 1.85. The zero-order valence-electron chi connectivity index (χ0n) is 15.0. The molecule has 0 radical (unpaired) electrons. The summed E-state index contributed by atoms with van der Waals surface area (Å²) in [4.78, 5) is 27.7. The van der Waals surface area contributed by atoms with E-state index in [4.69, 9.17) is 14.2 Å². The molecule has 1 fully saturated rings. The second-order valence-corrected chi connectivity index (χ2v) is 6.64. The molecular weight excluding hydrogens is 300 g/mol. The van der Waals surface area contributed by atoms with Crippen molar-refractivity contribution in [1.82, 2.24) is 9.80 Å². The molecule has 1 aliphatic heterocycles. The first-order valence-corrected chi connectivity index (χ1v) is 8.08. The lowest BCUT2D eigenvalue weighted by atomic mass is 10.2. The molecule has 0 aromatic carbocycles. The van der Waals surface area contributed by atoms with E-state index < -0.39 is 5.60 Å². The van der Waals surface area contributed by atoms with Crippen molar-refractivity contribution in [2.24, 2.45) is 0 Å². The second kappa shape index (κ2) is 9.08. The molecule has 0 spiro atoms. The summed E-state index contributed by atoms with van der Waals surface area (Å²) >= 11 is 0. The minimum absolute atomic E-state index is 0.0717. The zero-order chi connectivity index (χ0) is 17.5. The summed E-state index contributed by atoms with van der Waals surface area (Å²) in [5, 5.41) is 0. The first-order valence-electron chi connectivity index (χ1n) is 8.08. The highest BCUT2D eigenvalue weighted by Crippen LogP contribution is 2.13. The second-order valence-electron chi connectivity index (χ2n) is 6.64. The minimum Gasteiger partial charge on any atom is -0.444 e. The Labute approximate surface area is 138 Å². The molecule has 7 nitrogen and oxygen atoms in total. The molecule has 2 amide bonds. The van der Waals surface area contributed by atoms with Gasteiger partial charge in [0.2, 0.25) is 5.91 Å². The summed E-state index contributed by atoms with van der Waals surface area (Å²) in [6.45, 7) is 7.58. The van der Waals surface area contributed by atoms with Gasteiger partial charge in [0.15, 0.2) is 6.29 Å². The van der Waals surface area contributed by atoms with Crippen LogP contribution in [-0.4, -0.2) is 74.1 Å². The number of methoxy groups -OCH3 is 2. The number of ether oxygens (including phenoxy) is 3. The SMILES string of the molecule is COC(CCCN1CCN(C(=O)OC(C)(C)C)CCC1=O)OC. The summed E-state index contributed by atoms with van der Waals surface area (Å²) in [5.74, 6) is 0.0717. The van der Waals surface area contributed by atoms with Gasteiger partial charge in [-0.15, -0.1) is 0 Å². The van der Waals surface area contributed by atoms with Crippen LogP contribution in [0.25, 0.3) is 0 Å². The first kappa shape index (κ1) is 19.7. The van der Waals surface area contributed by atoms with E-state index in [2.05, 4.69) is 0 Å². The monoisotopic (exact) mass is 330 g/mol. The molecule has 0 bridgehead atoms. The average Bonchev–Trinajstić information content (AvgIpc) is 2.64. The Morgan fingerprint density at radius 3 is 2.39 bits per heavy atom. The molecule has 7 heteroatoms. The normalized spacial score (nSPS) is 16.7. The van der Waals surface area contributed by atoms with Gasteiger partial charge in [-0.05, 0) is 27.2 Å². The van der Waals surface area contributed by atoms with Gasteiger partial charge in [0.1, 0.15) is 5.60 Å². The van der Waals surface area contributed by atoms with Crippen LogP contribution in [0.1, 0.15) is 40.0 Å². The average molecular weight is 330 g/mol. The molecule has 134 valence electrons. The van der Waals surface area contributed by atoms with Crippen molar-refractivity contribution in [3.8, 4) is 0 Å². The number of amides is 2. The van der Waals surface area contributed by atoms with Crippen molar-refractivity contribution in [3.63, 3.8) is 0 Å². The summed E-state index contributed by atoms with van der Waals surface area (Å²) in [5.41, 5.74) is -0.525. The predicted molar refractivity (Wildman–Crippen MR) is 86.0 cm³/mol. The lowest BCUT2D eigenvalue weighted by molar-refractivity contribution is -0.131. The summed E-state index contributed by atoms with van der Waals surface area (Å²) in [7, 11) is 3.20. The number of hydrogen-bond acceptors (Lipinski definition) is 5. The molecular formula is C16H30N2O5. The lowest BCUT2D eigenvalue weighted by Gasteiger charge is -2.26. The third-order valence-electron chi connectivity index (χ3n) is 3.63. The summed E-state index contributed by atoms with van der Waals surface area (Å²) in [6, 6.07) is 0.